The molecular formula is C17H15Cl2N3O2. The summed E-state index contributed by atoms with van der Waals surface area (Å²) in [4.78, 5) is 12.9. The number of aromatic nitrogens is 2. The second-order valence-corrected chi connectivity index (χ2v) is 6.48. The second kappa shape index (κ2) is 6.34. The summed E-state index contributed by atoms with van der Waals surface area (Å²) in [6.45, 7) is 0. The molecule has 0 unspecified atom stereocenters. The summed E-state index contributed by atoms with van der Waals surface area (Å²) in [5.74, 6) is -0.901. The van der Waals surface area contributed by atoms with Gasteiger partial charge in [-0.3, -0.25) is 4.79 Å². The molecule has 0 amide bonds. The molecule has 0 bridgehead atoms. The number of halogens is 2. The molecule has 7 heteroatoms. The molecule has 3 aromatic rings. The Hall–Kier alpha value is -2.24. The van der Waals surface area contributed by atoms with Crippen molar-refractivity contribution >= 4 is 40.4 Å². The lowest BCUT2D eigenvalue weighted by molar-refractivity contribution is -0.136. The molecule has 3 rings (SSSR count). The third-order valence-corrected chi connectivity index (χ3v) is 4.37. The minimum atomic E-state index is -0.901. The molecule has 5 nitrogen and oxygen atoms in total. The van der Waals surface area contributed by atoms with Crippen LogP contribution in [0.25, 0.3) is 16.6 Å². The third-order valence-electron chi connectivity index (χ3n) is 3.77. The lowest BCUT2D eigenvalue weighted by Crippen LogP contribution is -2.08. The predicted molar refractivity (Wildman–Crippen MR) is 96.3 cm³/mol. The molecule has 0 spiro atoms. The monoisotopic (exact) mass is 363 g/mol. The molecule has 0 atom stereocenters. The van der Waals surface area contributed by atoms with Crippen molar-refractivity contribution in [2.45, 2.75) is 6.42 Å². The predicted octanol–water partition coefficient (Wildman–Crippen LogP) is 4.00. The Bertz CT molecular complexity index is 912. The van der Waals surface area contributed by atoms with Crippen molar-refractivity contribution in [1.82, 2.24) is 9.61 Å². The number of aliphatic carboxylic acids is 1. The zero-order valence-electron chi connectivity index (χ0n) is 13.1. The number of hydrogen-bond acceptors (Lipinski definition) is 3. The zero-order chi connectivity index (χ0) is 17.4. The van der Waals surface area contributed by atoms with E-state index in [2.05, 4.69) is 5.10 Å². The SMILES string of the molecule is CN(C)c1cc(Cl)c(-c2ccn3ncc(CC(=O)O)c3c2)c(Cl)c1. The Labute approximate surface area is 149 Å². The molecule has 0 aliphatic rings. The van der Waals surface area contributed by atoms with Gasteiger partial charge in [-0.25, -0.2) is 4.52 Å². The number of hydrogen-bond donors (Lipinski definition) is 1. The smallest absolute Gasteiger partial charge is 0.307 e. The average molecular weight is 364 g/mol. The average Bonchev–Trinajstić information content (AvgIpc) is 2.88. The van der Waals surface area contributed by atoms with Crippen LogP contribution in [0.1, 0.15) is 5.56 Å². The van der Waals surface area contributed by atoms with Gasteiger partial charge in [0.2, 0.25) is 0 Å². The number of carboxylic acids is 1. The fraction of sp³-hybridized carbons (Fsp3) is 0.176. The highest BCUT2D eigenvalue weighted by molar-refractivity contribution is 6.39. The van der Waals surface area contributed by atoms with Gasteiger partial charge in [-0.1, -0.05) is 23.2 Å². The normalized spacial score (nSPS) is 11.0. The van der Waals surface area contributed by atoms with Gasteiger partial charge in [0, 0.05) is 37.1 Å². The fourth-order valence-corrected chi connectivity index (χ4v) is 3.27. The maximum absolute atomic E-state index is 11.0. The summed E-state index contributed by atoms with van der Waals surface area (Å²) in [6, 6.07) is 7.41. The van der Waals surface area contributed by atoms with E-state index in [1.165, 1.54) is 0 Å². The Balaban J connectivity index is 2.14. The van der Waals surface area contributed by atoms with Gasteiger partial charge in [-0.2, -0.15) is 5.10 Å². The third kappa shape index (κ3) is 3.05. The van der Waals surface area contributed by atoms with Gasteiger partial charge < -0.3 is 10.0 Å². The van der Waals surface area contributed by atoms with E-state index < -0.39 is 5.97 Å². The summed E-state index contributed by atoms with van der Waals surface area (Å²) in [6.07, 6.45) is 3.24. The van der Waals surface area contributed by atoms with E-state index in [4.69, 9.17) is 28.3 Å². The van der Waals surface area contributed by atoms with E-state index in [0.29, 0.717) is 21.2 Å². The molecule has 24 heavy (non-hydrogen) atoms. The molecule has 0 radical (unpaired) electrons. The highest BCUT2D eigenvalue weighted by atomic mass is 35.5. The second-order valence-electron chi connectivity index (χ2n) is 5.66. The van der Waals surface area contributed by atoms with Crippen LogP contribution in [0.4, 0.5) is 5.69 Å². The topological polar surface area (TPSA) is 57.8 Å². The van der Waals surface area contributed by atoms with E-state index in [1.54, 1.807) is 16.9 Å². The van der Waals surface area contributed by atoms with Crippen molar-refractivity contribution in [1.29, 1.82) is 0 Å². The number of carbonyl (C=O) groups is 1. The summed E-state index contributed by atoms with van der Waals surface area (Å²) in [5.41, 5.74) is 3.80. The van der Waals surface area contributed by atoms with Gasteiger partial charge >= 0.3 is 5.97 Å². The number of carboxylic acid groups (broad SMARTS) is 1. The van der Waals surface area contributed by atoms with Gasteiger partial charge in [0.25, 0.3) is 0 Å². The van der Waals surface area contributed by atoms with Crippen LogP contribution in [0.5, 0.6) is 0 Å². The first-order valence-electron chi connectivity index (χ1n) is 7.21. The minimum Gasteiger partial charge on any atom is -0.481 e. The number of rotatable bonds is 4. The molecule has 0 aliphatic heterocycles. The number of benzene rings is 1. The van der Waals surface area contributed by atoms with Crippen LogP contribution >= 0.6 is 23.2 Å². The van der Waals surface area contributed by atoms with Crippen LogP contribution in [0.2, 0.25) is 10.0 Å². The molecular weight excluding hydrogens is 349 g/mol. The maximum atomic E-state index is 11.0. The molecule has 1 aromatic carbocycles. The number of anilines is 1. The first-order valence-corrected chi connectivity index (χ1v) is 7.97. The summed E-state index contributed by atoms with van der Waals surface area (Å²) in [5, 5.41) is 14.3. The molecule has 2 aromatic heterocycles. The largest absolute Gasteiger partial charge is 0.481 e. The molecule has 0 saturated carbocycles. The Kier molecular flexibility index (Phi) is 4.39. The number of pyridine rings is 1. The number of fused-ring (bicyclic) bond motifs is 1. The van der Waals surface area contributed by atoms with E-state index in [1.807, 2.05) is 43.3 Å². The van der Waals surface area contributed by atoms with Crippen molar-refractivity contribution in [3.8, 4) is 11.1 Å². The molecule has 124 valence electrons. The lowest BCUT2D eigenvalue weighted by atomic mass is 10.0. The van der Waals surface area contributed by atoms with E-state index in [0.717, 1.165) is 16.8 Å². The fourth-order valence-electron chi connectivity index (χ4n) is 2.58. The molecule has 0 fully saturated rings. The van der Waals surface area contributed by atoms with E-state index in [9.17, 15) is 4.79 Å². The van der Waals surface area contributed by atoms with Crippen LogP contribution in [-0.4, -0.2) is 34.8 Å². The van der Waals surface area contributed by atoms with Gasteiger partial charge in [0.05, 0.1) is 28.2 Å². The highest BCUT2D eigenvalue weighted by Gasteiger charge is 2.14. The van der Waals surface area contributed by atoms with Crippen LogP contribution in [0, 0.1) is 0 Å². The van der Waals surface area contributed by atoms with Crippen LogP contribution in [0.15, 0.2) is 36.7 Å². The number of nitrogens with zero attached hydrogens (tertiary/aromatic N) is 3. The van der Waals surface area contributed by atoms with Crippen molar-refractivity contribution in [2.75, 3.05) is 19.0 Å². The minimum absolute atomic E-state index is 0.0893. The molecule has 0 aliphatic carbocycles. The summed E-state index contributed by atoms with van der Waals surface area (Å²) >= 11 is 12.9. The van der Waals surface area contributed by atoms with Crippen molar-refractivity contribution in [3.63, 3.8) is 0 Å². The van der Waals surface area contributed by atoms with Gasteiger partial charge in [0.15, 0.2) is 0 Å². The van der Waals surface area contributed by atoms with Crippen molar-refractivity contribution < 1.29 is 9.90 Å². The molecule has 1 N–H and O–H groups in total. The van der Waals surface area contributed by atoms with Crippen molar-refractivity contribution in [2.24, 2.45) is 0 Å². The highest BCUT2D eigenvalue weighted by Crippen LogP contribution is 2.38. The Morgan fingerprint density at radius 3 is 2.50 bits per heavy atom. The van der Waals surface area contributed by atoms with E-state index >= 15 is 0 Å². The zero-order valence-corrected chi connectivity index (χ0v) is 14.6. The Morgan fingerprint density at radius 1 is 1.25 bits per heavy atom. The van der Waals surface area contributed by atoms with Gasteiger partial charge in [0.1, 0.15) is 0 Å². The van der Waals surface area contributed by atoms with Crippen molar-refractivity contribution in [3.05, 3.63) is 52.3 Å². The summed E-state index contributed by atoms with van der Waals surface area (Å²) < 4.78 is 1.64. The maximum Gasteiger partial charge on any atom is 0.307 e. The summed E-state index contributed by atoms with van der Waals surface area (Å²) in [7, 11) is 3.83. The van der Waals surface area contributed by atoms with E-state index in [-0.39, 0.29) is 6.42 Å². The van der Waals surface area contributed by atoms with Crippen LogP contribution in [-0.2, 0) is 11.2 Å². The van der Waals surface area contributed by atoms with Gasteiger partial charge in [-0.05, 0) is 29.8 Å². The molecule has 2 heterocycles. The first kappa shape index (κ1) is 16.6. The van der Waals surface area contributed by atoms with Crippen LogP contribution < -0.4 is 4.90 Å². The quantitative estimate of drug-likeness (QED) is 0.760. The van der Waals surface area contributed by atoms with Gasteiger partial charge in [-0.15, -0.1) is 0 Å². The molecule has 0 saturated heterocycles. The standard InChI is InChI=1S/C17H15Cl2N3O2/c1-21(2)12-7-13(18)17(14(19)8-12)10-3-4-22-15(5-10)11(9-20-22)6-16(23)24/h3-5,7-9H,6H2,1-2H3,(H,23,24). The lowest BCUT2D eigenvalue weighted by Gasteiger charge is -2.16. The van der Waals surface area contributed by atoms with Crippen LogP contribution in [0.3, 0.4) is 0 Å². The first-order chi connectivity index (χ1) is 11.4. The Morgan fingerprint density at radius 2 is 1.92 bits per heavy atom.